The maximum absolute atomic E-state index is 12.4. The molecule has 2 heterocycles. The first kappa shape index (κ1) is 20.6. The molecular weight excluding hydrogens is 400 g/mol. The number of hydrogen-bond acceptors (Lipinski definition) is 7. The van der Waals surface area contributed by atoms with Crippen LogP contribution in [0.2, 0.25) is 0 Å². The minimum absolute atomic E-state index is 0.167. The van der Waals surface area contributed by atoms with Gasteiger partial charge >= 0.3 is 5.97 Å². The van der Waals surface area contributed by atoms with Crippen molar-refractivity contribution in [2.45, 2.75) is 19.4 Å². The molecule has 31 heavy (non-hydrogen) atoms. The minimum atomic E-state index is -0.435. The van der Waals surface area contributed by atoms with Gasteiger partial charge in [-0.3, -0.25) is 9.59 Å². The first-order chi connectivity index (χ1) is 15.1. The molecule has 0 spiro atoms. The van der Waals surface area contributed by atoms with Crippen molar-refractivity contribution in [3.63, 3.8) is 0 Å². The van der Waals surface area contributed by atoms with E-state index >= 15 is 0 Å². The molecule has 1 aliphatic rings. The second-order valence-corrected chi connectivity index (χ2v) is 7.43. The van der Waals surface area contributed by atoms with Crippen LogP contribution in [0.4, 0.5) is 0 Å². The van der Waals surface area contributed by atoms with E-state index in [2.05, 4.69) is 15.4 Å². The molecule has 1 amide bonds. The Balaban J connectivity index is 1.43. The Kier molecular flexibility index (Phi) is 6.01. The quantitative estimate of drug-likeness (QED) is 0.525. The van der Waals surface area contributed by atoms with Crippen molar-refractivity contribution in [2.24, 2.45) is 5.92 Å². The number of hydrogen-bond donors (Lipinski definition) is 1. The van der Waals surface area contributed by atoms with E-state index in [0.29, 0.717) is 41.8 Å². The average molecular weight is 424 g/mol. The van der Waals surface area contributed by atoms with Crippen molar-refractivity contribution in [2.75, 3.05) is 27.4 Å². The SMILES string of the molecule is COc1ccc(Cn2ncc3cc(C(=O)NCC(=O)OCC4CC4)cnc32)c(OC)c1. The number of nitrogens with zero attached hydrogens (tertiary/aromatic N) is 3. The van der Waals surface area contributed by atoms with Crippen LogP contribution in [0.5, 0.6) is 11.5 Å². The predicted molar refractivity (Wildman–Crippen MR) is 112 cm³/mol. The van der Waals surface area contributed by atoms with Gasteiger partial charge in [-0.15, -0.1) is 0 Å². The molecule has 0 bridgehead atoms. The number of carbonyl (C=O) groups is 2. The Bertz CT molecular complexity index is 1110. The van der Waals surface area contributed by atoms with Crippen molar-refractivity contribution < 1.29 is 23.8 Å². The number of aromatic nitrogens is 3. The summed E-state index contributed by atoms with van der Waals surface area (Å²) in [6.45, 7) is 0.711. The second-order valence-electron chi connectivity index (χ2n) is 7.43. The van der Waals surface area contributed by atoms with Crippen LogP contribution in [0.15, 0.2) is 36.7 Å². The third kappa shape index (κ3) is 4.93. The number of fused-ring (bicyclic) bond motifs is 1. The molecule has 2 aromatic heterocycles. The fraction of sp³-hybridized carbons (Fsp3) is 0.364. The summed E-state index contributed by atoms with van der Waals surface area (Å²) in [6, 6.07) is 7.28. The molecule has 1 fully saturated rings. The van der Waals surface area contributed by atoms with Crippen molar-refractivity contribution in [3.05, 3.63) is 47.8 Å². The molecular formula is C22H24N4O5. The summed E-state index contributed by atoms with van der Waals surface area (Å²) in [5, 5.41) is 7.68. The van der Waals surface area contributed by atoms with Crippen molar-refractivity contribution >= 4 is 22.9 Å². The van der Waals surface area contributed by atoms with Crippen LogP contribution >= 0.6 is 0 Å². The molecule has 1 N–H and O–H groups in total. The van der Waals surface area contributed by atoms with E-state index in [4.69, 9.17) is 14.2 Å². The fourth-order valence-electron chi connectivity index (χ4n) is 3.16. The lowest BCUT2D eigenvalue weighted by Gasteiger charge is -2.11. The molecule has 9 heteroatoms. The molecule has 4 rings (SSSR count). The van der Waals surface area contributed by atoms with Gasteiger partial charge in [0.15, 0.2) is 5.65 Å². The van der Waals surface area contributed by atoms with Crippen LogP contribution in [-0.4, -0.2) is 54.0 Å². The van der Waals surface area contributed by atoms with Crippen molar-refractivity contribution in [1.29, 1.82) is 0 Å². The van der Waals surface area contributed by atoms with Gasteiger partial charge in [-0.25, -0.2) is 9.67 Å². The zero-order valence-electron chi connectivity index (χ0n) is 17.5. The van der Waals surface area contributed by atoms with Crippen LogP contribution in [-0.2, 0) is 16.1 Å². The topological polar surface area (TPSA) is 105 Å². The third-order valence-electron chi connectivity index (χ3n) is 5.12. The van der Waals surface area contributed by atoms with E-state index in [9.17, 15) is 9.59 Å². The first-order valence-electron chi connectivity index (χ1n) is 10.0. The molecule has 9 nitrogen and oxygen atoms in total. The minimum Gasteiger partial charge on any atom is -0.497 e. The Morgan fingerprint density at radius 2 is 2.00 bits per heavy atom. The highest BCUT2D eigenvalue weighted by Gasteiger charge is 2.23. The summed E-state index contributed by atoms with van der Waals surface area (Å²) in [5.74, 6) is 1.06. The highest BCUT2D eigenvalue weighted by atomic mass is 16.5. The molecule has 1 aliphatic carbocycles. The number of esters is 1. The van der Waals surface area contributed by atoms with Crippen LogP contribution < -0.4 is 14.8 Å². The highest BCUT2D eigenvalue weighted by Crippen LogP contribution is 2.28. The van der Waals surface area contributed by atoms with Gasteiger partial charge < -0.3 is 19.5 Å². The summed E-state index contributed by atoms with van der Waals surface area (Å²) in [4.78, 5) is 28.5. The van der Waals surface area contributed by atoms with Gasteiger partial charge in [-0.05, 0) is 37.0 Å². The number of methoxy groups -OCH3 is 2. The molecule has 0 unspecified atom stereocenters. The number of benzene rings is 1. The smallest absolute Gasteiger partial charge is 0.325 e. The number of rotatable bonds is 9. The van der Waals surface area contributed by atoms with E-state index in [1.165, 1.54) is 6.20 Å². The van der Waals surface area contributed by atoms with E-state index in [0.717, 1.165) is 23.8 Å². The van der Waals surface area contributed by atoms with Gasteiger partial charge in [0.05, 0.1) is 39.1 Å². The van der Waals surface area contributed by atoms with Crippen LogP contribution in [0, 0.1) is 5.92 Å². The monoisotopic (exact) mass is 424 g/mol. The zero-order chi connectivity index (χ0) is 21.8. The molecule has 1 aromatic carbocycles. The Hall–Kier alpha value is -3.62. The lowest BCUT2D eigenvalue weighted by Crippen LogP contribution is -2.31. The molecule has 3 aromatic rings. The van der Waals surface area contributed by atoms with Gasteiger partial charge in [-0.1, -0.05) is 0 Å². The van der Waals surface area contributed by atoms with Gasteiger partial charge in [0.2, 0.25) is 0 Å². The Morgan fingerprint density at radius 1 is 1.16 bits per heavy atom. The van der Waals surface area contributed by atoms with Crippen molar-refractivity contribution in [3.8, 4) is 11.5 Å². The molecule has 0 radical (unpaired) electrons. The van der Waals surface area contributed by atoms with Gasteiger partial charge in [0, 0.05) is 23.2 Å². The van der Waals surface area contributed by atoms with Crippen molar-refractivity contribution in [1.82, 2.24) is 20.1 Å². The maximum Gasteiger partial charge on any atom is 0.325 e. The Labute approximate surface area is 179 Å². The third-order valence-corrected chi connectivity index (χ3v) is 5.12. The van der Waals surface area contributed by atoms with Crippen LogP contribution in [0.3, 0.4) is 0 Å². The maximum atomic E-state index is 12.4. The average Bonchev–Trinajstić information content (AvgIpc) is 3.55. The van der Waals surface area contributed by atoms with Gasteiger partial charge in [0.25, 0.3) is 5.91 Å². The summed E-state index contributed by atoms with van der Waals surface area (Å²) in [7, 11) is 3.20. The fourth-order valence-corrected chi connectivity index (χ4v) is 3.16. The predicted octanol–water partition coefficient (Wildman–Crippen LogP) is 2.18. The summed E-state index contributed by atoms with van der Waals surface area (Å²) < 4.78 is 17.5. The summed E-state index contributed by atoms with van der Waals surface area (Å²) in [5.41, 5.74) is 1.91. The molecule has 0 aliphatic heterocycles. The Morgan fingerprint density at radius 3 is 2.74 bits per heavy atom. The molecule has 162 valence electrons. The van der Waals surface area contributed by atoms with Gasteiger partial charge in [-0.2, -0.15) is 5.10 Å². The number of amides is 1. The second kappa shape index (κ2) is 9.03. The lowest BCUT2D eigenvalue weighted by atomic mass is 10.2. The van der Waals surface area contributed by atoms with E-state index in [1.807, 2.05) is 18.2 Å². The number of nitrogens with one attached hydrogen (secondary N) is 1. The van der Waals surface area contributed by atoms with E-state index in [1.54, 1.807) is 31.2 Å². The molecule has 0 atom stereocenters. The standard InChI is InChI=1S/C22H24N4O5/c1-29-18-6-5-15(19(8-18)30-2)12-26-21-16(10-25-26)7-17(9-23-21)22(28)24-11-20(27)31-13-14-3-4-14/h5-10,14H,3-4,11-13H2,1-2H3,(H,24,28). The summed E-state index contributed by atoms with van der Waals surface area (Å²) >= 11 is 0. The van der Waals surface area contributed by atoms with E-state index < -0.39 is 5.97 Å². The number of pyridine rings is 1. The van der Waals surface area contributed by atoms with Gasteiger partial charge in [0.1, 0.15) is 18.0 Å². The first-order valence-corrected chi connectivity index (χ1v) is 10.0. The highest BCUT2D eigenvalue weighted by molar-refractivity contribution is 5.98. The van der Waals surface area contributed by atoms with E-state index in [-0.39, 0.29) is 12.5 Å². The van der Waals surface area contributed by atoms with Crippen LogP contribution in [0.1, 0.15) is 28.8 Å². The number of ether oxygens (including phenoxy) is 3. The lowest BCUT2D eigenvalue weighted by molar-refractivity contribution is -0.142. The molecule has 1 saturated carbocycles. The summed E-state index contributed by atoms with van der Waals surface area (Å²) in [6.07, 6.45) is 5.32. The number of carbonyl (C=O) groups excluding carboxylic acids is 2. The zero-order valence-corrected chi connectivity index (χ0v) is 17.5. The largest absolute Gasteiger partial charge is 0.497 e. The normalized spacial score (nSPS) is 13.1. The molecule has 0 saturated heterocycles. The van der Waals surface area contributed by atoms with Crippen LogP contribution in [0.25, 0.3) is 11.0 Å².